The number of fused-ring (bicyclic) bond motifs is 2. The fourth-order valence-electron chi connectivity index (χ4n) is 3.41. The molecule has 3 nitrogen and oxygen atoms in total. The standard InChI is InChI=1S/C20H20N2O/c1-15-6-7-19-17(12-15)9-10-21(19)14-20(23)22-11-8-16-4-2-3-5-18(16)13-22/h2-7,9-10,12H,8,11,13-14H2,1H3. The third-order valence-electron chi connectivity index (χ3n) is 4.72. The lowest BCUT2D eigenvalue weighted by molar-refractivity contribution is -0.132. The number of carbonyl (C=O) groups is 1. The van der Waals surface area contributed by atoms with E-state index in [-0.39, 0.29) is 5.91 Å². The lowest BCUT2D eigenvalue weighted by Gasteiger charge is -2.29. The van der Waals surface area contributed by atoms with Crippen LogP contribution in [0.25, 0.3) is 10.9 Å². The van der Waals surface area contributed by atoms with Gasteiger partial charge in [-0.05, 0) is 48.1 Å². The first kappa shape index (κ1) is 14.1. The summed E-state index contributed by atoms with van der Waals surface area (Å²) in [5.41, 5.74) is 5.02. The van der Waals surface area contributed by atoms with Gasteiger partial charge in [-0.25, -0.2) is 0 Å². The Morgan fingerprint density at radius 1 is 1.09 bits per heavy atom. The second kappa shape index (κ2) is 5.58. The van der Waals surface area contributed by atoms with Crippen LogP contribution in [0.4, 0.5) is 0 Å². The van der Waals surface area contributed by atoms with Gasteiger partial charge in [0.05, 0.1) is 0 Å². The van der Waals surface area contributed by atoms with Crippen LogP contribution in [-0.2, 0) is 24.3 Å². The molecule has 0 unspecified atom stereocenters. The highest BCUT2D eigenvalue weighted by molar-refractivity contribution is 5.84. The van der Waals surface area contributed by atoms with E-state index >= 15 is 0 Å². The molecule has 0 saturated heterocycles. The summed E-state index contributed by atoms with van der Waals surface area (Å²) in [7, 11) is 0. The Morgan fingerprint density at radius 3 is 2.78 bits per heavy atom. The second-order valence-electron chi connectivity index (χ2n) is 6.34. The molecule has 0 atom stereocenters. The summed E-state index contributed by atoms with van der Waals surface area (Å²) in [6.07, 6.45) is 2.97. The largest absolute Gasteiger partial charge is 0.338 e. The summed E-state index contributed by atoms with van der Waals surface area (Å²) in [6, 6.07) is 16.9. The smallest absolute Gasteiger partial charge is 0.242 e. The highest BCUT2D eigenvalue weighted by atomic mass is 16.2. The number of hydrogen-bond donors (Lipinski definition) is 0. The van der Waals surface area contributed by atoms with Gasteiger partial charge < -0.3 is 9.47 Å². The maximum absolute atomic E-state index is 12.7. The SMILES string of the molecule is Cc1ccc2c(ccn2CC(=O)N2CCc3ccccc3C2)c1. The van der Waals surface area contributed by atoms with Gasteiger partial charge in [0, 0.05) is 24.8 Å². The van der Waals surface area contributed by atoms with Crippen LogP contribution in [0, 0.1) is 6.92 Å². The zero-order chi connectivity index (χ0) is 15.8. The van der Waals surface area contributed by atoms with Gasteiger partial charge in [-0.15, -0.1) is 0 Å². The van der Waals surface area contributed by atoms with Gasteiger partial charge >= 0.3 is 0 Å². The number of nitrogens with zero attached hydrogens (tertiary/aromatic N) is 2. The Bertz CT molecular complexity index is 878. The average molecular weight is 304 g/mol. The minimum atomic E-state index is 0.192. The van der Waals surface area contributed by atoms with Crippen molar-refractivity contribution in [1.29, 1.82) is 0 Å². The maximum Gasteiger partial charge on any atom is 0.242 e. The second-order valence-corrected chi connectivity index (χ2v) is 6.34. The first-order valence-corrected chi connectivity index (χ1v) is 8.11. The lowest BCUT2D eigenvalue weighted by atomic mass is 10.00. The molecule has 0 spiro atoms. The predicted molar refractivity (Wildman–Crippen MR) is 92.2 cm³/mol. The number of rotatable bonds is 2. The molecule has 0 saturated carbocycles. The van der Waals surface area contributed by atoms with Crippen molar-refractivity contribution < 1.29 is 4.79 Å². The lowest BCUT2D eigenvalue weighted by Crippen LogP contribution is -2.37. The Balaban J connectivity index is 1.54. The van der Waals surface area contributed by atoms with Crippen molar-refractivity contribution in [3.63, 3.8) is 0 Å². The highest BCUT2D eigenvalue weighted by Crippen LogP contribution is 2.20. The number of benzene rings is 2. The number of amides is 1. The van der Waals surface area contributed by atoms with Gasteiger partial charge in [0.25, 0.3) is 0 Å². The fourth-order valence-corrected chi connectivity index (χ4v) is 3.41. The molecule has 116 valence electrons. The van der Waals surface area contributed by atoms with Gasteiger partial charge in [-0.3, -0.25) is 4.79 Å². The molecular weight excluding hydrogens is 284 g/mol. The van der Waals surface area contributed by atoms with Crippen LogP contribution in [0.3, 0.4) is 0 Å². The molecule has 0 fully saturated rings. The molecule has 23 heavy (non-hydrogen) atoms. The van der Waals surface area contributed by atoms with Crippen molar-refractivity contribution in [3.05, 3.63) is 71.4 Å². The molecule has 0 aliphatic carbocycles. The Labute approximate surface area is 136 Å². The van der Waals surface area contributed by atoms with Crippen LogP contribution in [0.15, 0.2) is 54.7 Å². The summed E-state index contributed by atoms with van der Waals surface area (Å²) in [5, 5.41) is 1.20. The van der Waals surface area contributed by atoms with Crippen molar-refractivity contribution in [2.75, 3.05) is 6.54 Å². The molecule has 3 heteroatoms. The van der Waals surface area contributed by atoms with Crippen molar-refractivity contribution >= 4 is 16.8 Å². The van der Waals surface area contributed by atoms with E-state index < -0.39 is 0 Å². The minimum absolute atomic E-state index is 0.192. The Morgan fingerprint density at radius 2 is 1.91 bits per heavy atom. The summed E-state index contributed by atoms with van der Waals surface area (Å²) in [5.74, 6) is 0.192. The quantitative estimate of drug-likeness (QED) is 0.711. The number of aryl methyl sites for hydroxylation is 1. The van der Waals surface area contributed by atoms with Gasteiger partial charge in [0.2, 0.25) is 5.91 Å². The maximum atomic E-state index is 12.7. The Kier molecular flexibility index (Phi) is 3.41. The molecule has 1 amide bonds. The molecular formula is C20H20N2O. The fraction of sp³-hybridized carbons (Fsp3) is 0.250. The van der Waals surface area contributed by atoms with Crippen molar-refractivity contribution in [2.45, 2.75) is 26.4 Å². The first-order valence-electron chi connectivity index (χ1n) is 8.11. The number of aromatic nitrogens is 1. The van der Waals surface area contributed by atoms with Crippen LogP contribution in [0.1, 0.15) is 16.7 Å². The summed E-state index contributed by atoms with van der Waals surface area (Å²) in [6.45, 7) is 4.04. The molecule has 0 bridgehead atoms. The summed E-state index contributed by atoms with van der Waals surface area (Å²) in [4.78, 5) is 14.7. The van der Waals surface area contributed by atoms with Gasteiger partial charge in [-0.1, -0.05) is 35.9 Å². The molecule has 4 rings (SSSR count). The zero-order valence-electron chi connectivity index (χ0n) is 13.3. The number of hydrogen-bond acceptors (Lipinski definition) is 1. The van der Waals surface area contributed by atoms with E-state index in [9.17, 15) is 4.79 Å². The van der Waals surface area contributed by atoms with E-state index in [0.717, 1.165) is 25.0 Å². The predicted octanol–water partition coefficient (Wildman–Crippen LogP) is 3.53. The third-order valence-corrected chi connectivity index (χ3v) is 4.72. The summed E-state index contributed by atoms with van der Waals surface area (Å²) >= 11 is 0. The van der Waals surface area contributed by atoms with Crippen molar-refractivity contribution in [3.8, 4) is 0 Å². The normalized spacial score (nSPS) is 14.0. The van der Waals surface area contributed by atoms with E-state index in [1.807, 2.05) is 11.1 Å². The van der Waals surface area contributed by atoms with E-state index in [2.05, 4.69) is 60.0 Å². The molecule has 1 aliphatic heterocycles. The van der Waals surface area contributed by atoms with Crippen molar-refractivity contribution in [2.24, 2.45) is 0 Å². The highest BCUT2D eigenvalue weighted by Gasteiger charge is 2.20. The molecule has 1 aliphatic rings. The molecule has 0 radical (unpaired) electrons. The average Bonchev–Trinajstić information content (AvgIpc) is 2.96. The van der Waals surface area contributed by atoms with Crippen LogP contribution >= 0.6 is 0 Å². The number of carbonyl (C=O) groups excluding carboxylic acids is 1. The van der Waals surface area contributed by atoms with Crippen LogP contribution in [0.5, 0.6) is 0 Å². The van der Waals surface area contributed by atoms with Gasteiger partial charge in [-0.2, -0.15) is 0 Å². The van der Waals surface area contributed by atoms with Crippen LogP contribution in [-0.4, -0.2) is 21.9 Å². The van der Waals surface area contributed by atoms with E-state index in [1.54, 1.807) is 0 Å². The van der Waals surface area contributed by atoms with Gasteiger partial charge in [0.15, 0.2) is 0 Å². The molecule has 3 aromatic rings. The van der Waals surface area contributed by atoms with E-state index in [1.165, 1.54) is 22.1 Å². The van der Waals surface area contributed by atoms with E-state index in [0.29, 0.717) is 6.54 Å². The van der Waals surface area contributed by atoms with E-state index in [4.69, 9.17) is 0 Å². The third kappa shape index (κ3) is 2.63. The zero-order valence-corrected chi connectivity index (χ0v) is 13.3. The monoisotopic (exact) mass is 304 g/mol. The molecule has 0 N–H and O–H groups in total. The van der Waals surface area contributed by atoms with Crippen LogP contribution in [0.2, 0.25) is 0 Å². The topological polar surface area (TPSA) is 25.2 Å². The van der Waals surface area contributed by atoms with Crippen LogP contribution < -0.4 is 0 Å². The summed E-state index contributed by atoms with van der Waals surface area (Å²) < 4.78 is 2.05. The van der Waals surface area contributed by atoms with Crippen molar-refractivity contribution in [1.82, 2.24) is 9.47 Å². The first-order chi connectivity index (χ1) is 11.2. The molecule has 1 aromatic heterocycles. The Hall–Kier alpha value is -2.55. The molecule has 2 heterocycles. The van der Waals surface area contributed by atoms with Gasteiger partial charge in [0.1, 0.15) is 6.54 Å². The molecule has 2 aromatic carbocycles. The minimum Gasteiger partial charge on any atom is -0.338 e.